The predicted molar refractivity (Wildman–Crippen MR) is 128 cm³/mol. The van der Waals surface area contributed by atoms with Crippen molar-refractivity contribution in [2.24, 2.45) is 0 Å². The molecule has 0 spiro atoms. The van der Waals surface area contributed by atoms with Crippen LogP contribution in [-0.2, 0) is 32.6 Å². The van der Waals surface area contributed by atoms with Gasteiger partial charge in [0.2, 0.25) is 21.8 Å². The van der Waals surface area contributed by atoms with Crippen LogP contribution in [0.15, 0.2) is 47.4 Å². The summed E-state index contributed by atoms with van der Waals surface area (Å²) < 4.78 is 28.0. The molecule has 0 aliphatic carbocycles. The van der Waals surface area contributed by atoms with E-state index in [4.69, 9.17) is 11.6 Å². The van der Waals surface area contributed by atoms with Gasteiger partial charge in [-0.1, -0.05) is 36.6 Å². The maximum absolute atomic E-state index is 13.2. The van der Waals surface area contributed by atoms with Gasteiger partial charge in [-0.3, -0.25) is 14.5 Å². The first kappa shape index (κ1) is 23.7. The number of sulfonamides is 1. The molecule has 2 aromatic rings. The van der Waals surface area contributed by atoms with E-state index >= 15 is 0 Å². The van der Waals surface area contributed by atoms with Crippen LogP contribution in [0.3, 0.4) is 0 Å². The van der Waals surface area contributed by atoms with E-state index in [2.05, 4.69) is 5.32 Å². The topological polar surface area (TPSA) is 86.8 Å². The van der Waals surface area contributed by atoms with Gasteiger partial charge in [-0.2, -0.15) is 4.31 Å². The minimum atomic E-state index is -3.61. The number of carbonyl (C=O) groups is 2. The Bertz CT molecular complexity index is 1140. The molecule has 1 N–H and O–H groups in total. The van der Waals surface area contributed by atoms with Gasteiger partial charge >= 0.3 is 0 Å². The summed E-state index contributed by atoms with van der Waals surface area (Å²) in [6.07, 6.45) is 4.06. The molecule has 2 aliphatic rings. The van der Waals surface area contributed by atoms with Crippen molar-refractivity contribution in [1.29, 1.82) is 0 Å². The van der Waals surface area contributed by atoms with Crippen molar-refractivity contribution >= 4 is 39.1 Å². The van der Waals surface area contributed by atoms with Crippen molar-refractivity contribution in [3.05, 3.63) is 58.6 Å². The number of nitrogens with zero attached hydrogens (tertiary/aromatic N) is 2. The van der Waals surface area contributed by atoms with Gasteiger partial charge in [-0.25, -0.2) is 8.42 Å². The zero-order chi connectivity index (χ0) is 23.6. The van der Waals surface area contributed by atoms with Gasteiger partial charge in [0.15, 0.2) is 0 Å². The third-order valence-electron chi connectivity index (χ3n) is 6.26. The predicted octanol–water partition coefficient (Wildman–Crippen LogP) is 3.50. The van der Waals surface area contributed by atoms with E-state index in [9.17, 15) is 18.0 Å². The Morgan fingerprint density at radius 2 is 1.70 bits per heavy atom. The fourth-order valence-electron chi connectivity index (χ4n) is 4.53. The van der Waals surface area contributed by atoms with Gasteiger partial charge in [-0.15, -0.1) is 0 Å². The molecule has 2 amide bonds. The summed E-state index contributed by atoms with van der Waals surface area (Å²) in [6.45, 7) is 2.77. The lowest BCUT2D eigenvalue weighted by Crippen LogP contribution is -2.47. The molecule has 2 aromatic carbocycles. The smallest absolute Gasteiger partial charge is 0.243 e. The quantitative estimate of drug-likeness (QED) is 0.696. The number of hydrogen-bond acceptors (Lipinski definition) is 4. The first-order valence-electron chi connectivity index (χ1n) is 11.2. The number of hydrogen-bond donors (Lipinski definition) is 1. The molecule has 0 bridgehead atoms. The summed E-state index contributed by atoms with van der Waals surface area (Å²) in [5, 5.41) is 3.50. The van der Waals surface area contributed by atoms with Crippen LogP contribution in [0.2, 0.25) is 5.02 Å². The highest BCUT2D eigenvalue weighted by Crippen LogP contribution is 2.35. The van der Waals surface area contributed by atoms with E-state index in [1.807, 2.05) is 12.1 Å². The van der Waals surface area contributed by atoms with Crippen LogP contribution in [0.25, 0.3) is 0 Å². The molecule has 0 radical (unpaired) electrons. The number of benzene rings is 2. The fraction of sp³-hybridized carbons (Fsp3) is 0.417. The first-order valence-corrected chi connectivity index (χ1v) is 13.0. The molecular formula is C24H28ClN3O4S. The summed E-state index contributed by atoms with van der Waals surface area (Å²) >= 11 is 5.91. The molecule has 2 aliphatic heterocycles. The average Bonchev–Trinajstić information content (AvgIpc) is 2.96. The molecule has 0 unspecified atom stereocenters. The number of halogens is 1. The van der Waals surface area contributed by atoms with Crippen LogP contribution < -0.4 is 10.2 Å². The third-order valence-corrected chi connectivity index (χ3v) is 8.41. The summed E-state index contributed by atoms with van der Waals surface area (Å²) in [5.41, 5.74) is 2.17. The Labute approximate surface area is 199 Å². The normalized spacial score (nSPS) is 19.1. The number of fused-ring (bicyclic) bond motifs is 1. The zero-order valence-electron chi connectivity index (χ0n) is 18.6. The second-order valence-electron chi connectivity index (χ2n) is 8.56. The van der Waals surface area contributed by atoms with Crippen molar-refractivity contribution in [3.63, 3.8) is 0 Å². The molecule has 9 heteroatoms. The van der Waals surface area contributed by atoms with Gasteiger partial charge in [0.05, 0.1) is 4.90 Å². The Morgan fingerprint density at radius 1 is 1.03 bits per heavy atom. The lowest BCUT2D eigenvalue weighted by molar-refractivity contribution is -0.125. The fourth-order valence-corrected chi connectivity index (χ4v) is 6.22. The second-order valence-corrected chi connectivity index (χ2v) is 10.9. The van der Waals surface area contributed by atoms with Crippen molar-refractivity contribution in [2.45, 2.75) is 56.5 Å². The van der Waals surface area contributed by atoms with Gasteiger partial charge < -0.3 is 5.32 Å². The van der Waals surface area contributed by atoms with E-state index in [0.29, 0.717) is 35.9 Å². The van der Waals surface area contributed by atoms with Crippen LogP contribution in [-0.4, -0.2) is 43.7 Å². The molecule has 176 valence electrons. The molecule has 7 nitrogen and oxygen atoms in total. The molecule has 0 saturated carbocycles. The molecule has 1 atom stereocenters. The number of nitrogens with one attached hydrogen (secondary N) is 1. The lowest BCUT2D eigenvalue weighted by atomic mass is 10.1. The van der Waals surface area contributed by atoms with E-state index in [-0.39, 0.29) is 23.1 Å². The maximum Gasteiger partial charge on any atom is 0.243 e. The van der Waals surface area contributed by atoms with Crippen LogP contribution >= 0.6 is 11.6 Å². The van der Waals surface area contributed by atoms with E-state index < -0.39 is 16.1 Å². The molecule has 33 heavy (non-hydrogen) atoms. The number of amides is 2. The van der Waals surface area contributed by atoms with Crippen LogP contribution in [0, 0.1) is 0 Å². The highest BCUT2D eigenvalue weighted by atomic mass is 35.5. The van der Waals surface area contributed by atoms with Crippen LogP contribution in [0.4, 0.5) is 5.69 Å². The standard InChI is InChI=1S/C24H28ClN3O4S/c1-17(29)28-22-11-10-21(33(31,32)27-12-4-2-3-5-13-27)14-19(22)15-23(28)24(30)26-16-18-6-8-20(25)9-7-18/h6-11,14,23H,2-5,12-13,15-16H2,1H3,(H,26,30)/t23-/m1/s1. The summed E-state index contributed by atoms with van der Waals surface area (Å²) in [7, 11) is -3.61. The highest BCUT2D eigenvalue weighted by molar-refractivity contribution is 7.89. The van der Waals surface area contributed by atoms with E-state index in [0.717, 1.165) is 31.2 Å². The molecule has 4 rings (SSSR count). The summed E-state index contributed by atoms with van der Waals surface area (Å²) in [4.78, 5) is 27.1. The van der Waals surface area contributed by atoms with Crippen molar-refractivity contribution in [3.8, 4) is 0 Å². The Hall–Kier alpha value is -2.42. The summed E-state index contributed by atoms with van der Waals surface area (Å²) in [5.74, 6) is -0.545. The van der Waals surface area contributed by atoms with Gasteiger partial charge in [0.25, 0.3) is 0 Å². The van der Waals surface area contributed by atoms with Crippen molar-refractivity contribution in [2.75, 3.05) is 18.0 Å². The molecule has 2 heterocycles. The molecule has 0 aromatic heterocycles. The van der Waals surface area contributed by atoms with Gasteiger partial charge in [0.1, 0.15) is 6.04 Å². The lowest BCUT2D eigenvalue weighted by Gasteiger charge is -2.24. The minimum absolute atomic E-state index is 0.217. The highest BCUT2D eigenvalue weighted by Gasteiger charge is 2.38. The largest absolute Gasteiger partial charge is 0.350 e. The van der Waals surface area contributed by atoms with Crippen molar-refractivity contribution in [1.82, 2.24) is 9.62 Å². The van der Waals surface area contributed by atoms with Gasteiger partial charge in [-0.05, 0) is 54.3 Å². The Balaban J connectivity index is 1.54. The maximum atomic E-state index is 13.2. The summed E-state index contributed by atoms with van der Waals surface area (Å²) in [6, 6.07) is 11.3. The van der Waals surface area contributed by atoms with E-state index in [1.165, 1.54) is 11.8 Å². The van der Waals surface area contributed by atoms with Crippen LogP contribution in [0.5, 0.6) is 0 Å². The average molecular weight is 490 g/mol. The number of rotatable bonds is 5. The molecule has 1 saturated heterocycles. The molecule has 1 fully saturated rings. The molecular weight excluding hydrogens is 462 g/mol. The van der Waals surface area contributed by atoms with E-state index in [1.54, 1.807) is 34.6 Å². The minimum Gasteiger partial charge on any atom is -0.350 e. The second kappa shape index (κ2) is 9.83. The Kier molecular flexibility index (Phi) is 7.07. The van der Waals surface area contributed by atoms with Gasteiger partial charge in [0, 0.05) is 43.7 Å². The SMILES string of the molecule is CC(=O)N1c2ccc(S(=O)(=O)N3CCCCCC3)cc2C[C@@H]1C(=O)NCc1ccc(Cl)cc1. The Morgan fingerprint density at radius 3 is 2.33 bits per heavy atom. The van der Waals surface area contributed by atoms with Crippen molar-refractivity contribution < 1.29 is 18.0 Å². The third kappa shape index (κ3) is 5.08. The zero-order valence-corrected chi connectivity index (χ0v) is 20.2. The number of carbonyl (C=O) groups excluding carboxylic acids is 2. The number of anilines is 1. The first-order chi connectivity index (χ1) is 15.8. The monoisotopic (exact) mass is 489 g/mol. The van der Waals surface area contributed by atoms with Crippen LogP contribution in [0.1, 0.15) is 43.7 Å².